The van der Waals surface area contributed by atoms with E-state index < -0.39 is 0 Å². The van der Waals surface area contributed by atoms with Crippen LogP contribution in [0, 0.1) is 5.92 Å². The van der Waals surface area contributed by atoms with Crippen LogP contribution < -0.4 is 16.5 Å². The lowest BCUT2D eigenvalue weighted by molar-refractivity contribution is -0.122. The van der Waals surface area contributed by atoms with Crippen LogP contribution in [-0.2, 0) is 11.3 Å². The molecule has 5 nitrogen and oxygen atoms in total. The van der Waals surface area contributed by atoms with Gasteiger partial charge in [0.05, 0.1) is 11.0 Å². The number of nitrogens with zero attached hydrogens (tertiary/aromatic N) is 1. The highest BCUT2D eigenvalue weighted by atomic mass is 35.5. The van der Waals surface area contributed by atoms with Gasteiger partial charge in [-0.25, -0.2) is 0 Å². The van der Waals surface area contributed by atoms with E-state index in [9.17, 15) is 9.59 Å². The Morgan fingerprint density at radius 2 is 1.62 bits per heavy atom. The molecule has 1 aliphatic rings. The zero-order valence-corrected chi connectivity index (χ0v) is 15.2. The van der Waals surface area contributed by atoms with E-state index in [1.54, 1.807) is 0 Å². The number of nitrogens with two attached hydrogens (primary N) is 1. The van der Waals surface area contributed by atoms with Gasteiger partial charge in [-0.2, -0.15) is 0 Å². The third-order valence-electron chi connectivity index (χ3n) is 4.97. The molecule has 3 aromatic rings. The molecule has 2 aromatic carbocycles. The number of nitrogens with one attached hydrogen (secondary N) is 1. The van der Waals surface area contributed by atoms with E-state index in [1.165, 1.54) is 0 Å². The minimum absolute atomic E-state index is 0. The van der Waals surface area contributed by atoms with Crippen LogP contribution in [0.1, 0.15) is 12.8 Å². The molecule has 1 fully saturated rings. The number of para-hydroxylation sites is 2. The number of halogens is 1. The van der Waals surface area contributed by atoms with Crippen LogP contribution in [0.2, 0.25) is 0 Å². The first kappa shape index (κ1) is 18.4. The molecule has 6 heteroatoms. The summed E-state index contributed by atoms with van der Waals surface area (Å²) >= 11 is 0. The quantitative estimate of drug-likeness (QED) is 0.676. The van der Waals surface area contributed by atoms with Crippen LogP contribution in [0.3, 0.4) is 0 Å². The summed E-state index contributed by atoms with van der Waals surface area (Å²) in [6.07, 6.45) is 2.26. The van der Waals surface area contributed by atoms with Crippen LogP contribution in [0.4, 0.5) is 0 Å². The Balaban J connectivity index is 0.00000196. The zero-order chi connectivity index (χ0) is 17.4. The van der Waals surface area contributed by atoms with Crippen molar-refractivity contribution in [3.63, 3.8) is 0 Å². The molecule has 26 heavy (non-hydrogen) atoms. The largest absolute Gasteiger partial charge is 0.350 e. The van der Waals surface area contributed by atoms with Gasteiger partial charge in [0.1, 0.15) is 6.54 Å². The van der Waals surface area contributed by atoms with Crippen LogP contribution in [-0.4, -0.2) is 23.1 Å². The van der Waals surface area contributed by atoms with Gasteiger partial charge in [-0.3, -0.25) is 9.59 Å². The van der Waals surface area contributed by atoms with Gasteiger partial charge >= 0.3 is 0 Å². The highest BCUT2D eigenvalue weighted by Gasteiger charge is 2.31. The van der Waals surface area contributed by atoms with E-state index in [0.29, 0.717) is 23.2 Å². The highest BCUT2D eigenvalue weighted by Crippen LogP contribution is 2.32. The minimum atomic E-state index is -0.0682. The first-order valence-electron chi connectivity index (χ1n) is 8.68. The predicted octanol–water partition coefficient (Wildman–Crippen LogP) is 2.43. The average Bonchev–Trinajstić information content (AvgIpc) is 3.48. The normalized spacial score (nSPS) is 14.8. The lowest BCUT2D eigenvalue weighted by atomic mass is 10.1. The number of carbonyl (C=O) groups excluding carboxylic acids is 1. The molecule has 1 saturated carbocycles. The third-order valence-corrected chi connectivity index (χ3v) is 4.97. The Morgan fingerprint density at radius 3 is 2.12 bits per heavy atom. The van der Waals surface area contributed by atoms with Gasteiger partial charge in [-0.1, -0.05) is 24.3 Å². The molecule has 136 valence electrons. The maximum Gasteiger partial charge on any atom is 0.240 e. The number of hydrogen-bond donors (Lipinski definition) is 2. The van der Waals surface area contributed by atoms with Crippen molar-refractivity contribution in [2.24, 2.45) is 11.7 Å². The number of fused-ring (bicyclic) bond motifs is 2. The summed E-state index contributed by atoms with van der Waals surface area (Å²) in [6.45, 7) is 0.632. The number of aromatic nitrogens is 1. The minimum Gasteiger partial charge on any atom is -0.350 e. The first-order valence-corrected chi connectivity index (χ1v) is 8.68. The van der Waals surface area contributed by atoms with Crippen molar-refractivity contribution in [1.82, 2.24) is 9.88 Å². The van der Waals surface area contributed by atoms with Crippen molar-refractivity contribution in [1.29, 1.82) is 0 Å². The Bertz CT molecular complexity index is 951. The molecule has 1 atom stereocenters. The van der Waals surface area contributed by atoms with Crippen molar-refractivity contribution in [2.75, 3.05) is 6.54 Å². The molecule has 0 aliphatic heterocycles. The summed E-state index contributed by atoms with van der Waals surface area (Å²) in [4.78, 5) is 25.3. The van der Waals surface area contributed by atoms with Crippen molar-refractivity contribution in [3.05, 3.63) is 58.8 Å². The zero-order valence-electron chi connectivity index (χ0n) is 14.4. The van der Waals surface area contributed by atoms with Gasteiger partial charge in [0, 0.05) is 23.4 Å². The topological polar surface area (TPSA) is 77.1 Å². The van der Waals surface area contributed by atoms with E-state index >= 15 is 0 Å². The van der Waals surface area contributed by atoms with Crippen molar-refractivity contribution in [2.45, 2.75) is 25.4 Å². The van der Waals surface area contributed by atoms with Crippen LogP contribution in [0.5, 0.6) is 0 Å². The first-order chi connectivity index (χ1) is 12.2. The molecule has 1 amide bonds. The number of benzene rings is 2. The maximum absolute atomic E-state index is 12.7. The second kappa shape index (κ2) is 7.48. The molecular weight excluding hydrogens is 350 g/mol. The average molecular weight is 372 g/mol. The Morgan fingerprint density at radius 1 is 1.08 bits per heavy atom. The fourth-order valence-corrected chi connectivity index (χ4v) is 3.51. The van der Waals surface area contributed by atoms with Gasteiger partial charge in [0.2, 0.25) is 5.91 Å². The molecule has 4 rings (SSSR count). The number of rotatable bonds is 5. The summed E-state index contributed by atoms with van der Waals surface area (Å²) in [5.41, 5.74) is 7.34. The predicted molar refractivity (Wildman–Crippen MR) is 107 cm³/mol. The molecule has 0 saturated heterocycles. The molecule has 1 aliphatic carbocycles. The second-order valence-electron chi connectivity index (χ2n) is 6.70. The number of amides is 1. The SMILES string of the molecule is Cl.NCC(NC(=O)Cn1c2ccccc2c(=O)c2ccccc21)C1CC1. The van der Waals surface area contributed by atoms with Crippen LogP contribution in [0.25, 0.3) is 21.8 Å². The van der Waals surface area contributed by atoms with Gasteiger partial charge in [-0.05, 0) is 43.0 Å². The van der Waals surface area contributed by atoms with E-state index in [1.807, 2.05) is 53.1 Å². The Labute approximate surface area is 157 Å². The van der Waals surface area contributed by atoms with Crippen molar-refractivity contribution in [3.8, 4) is 0 Å². The summed E-state index contributed by atoms with van der Waals surface area (Å²) in [5.74, 6) is 0.442. The van der Waals surface area contributed by atoms with E-state index in [4.69, 9.17) is 5.73 Å². The lowest BCUT2D eigenvalue weighted by Crippen LogP contribution is -2.43. The monoisotopic (exact) mass is 371 g/mol. The maximum atomic E-state index is 12.7. The number of hydrogen-bond acceptors (Lipinski definition) is 3. The summed E-state index contributed by atoms with van der Waals surface area (Å²) in [5, 5.41) is 4.32. The van der Waals surface area contributed by atoms with Gasteiger partial charge in [0.15, 0.2) is 5.43 Å². The second-order valence-corrected chi connectivity index (χ2v) is 6.70. The van der Waals surface area contributed by atoms with E-state index in [-0.39, 0.29) is 36.3 Å². The summed E-state index contributed by atoms with van der Waals surface area (Å²) < 4.78 is 1.92. The molecular formula is C20H22ClN3O2. The van der Waals surface area contributed by atoms with Gasteiger partial charge in [-0.15, -0.1) is 12.4 Å². The Hall–Kier alpha value is -2.37. The van der Waals surface area contributed by atoms with Crippen molar-refractivity contribution < 1.29 is 4.79 Å². The smallest absolute Gasteiger partial charge is 0.240 e. The fraction of sp³-hybridized carbons (Fsp3) is 0.300. The highest BCUT2D eigenvalue weighted by molar-refractivity contribution is 5.94. The van der Waals surface area contributed by atoms with Crippen LogP contribution in [0.15, 0.2) is 53.3 Å². The lowest BCUT2D eigenvalue weighted by Gasteiger charge is -2.19. The molecule has 0 spiro atoms. The summed E-state index contributed by atoms with van der Waals surface area (Å²) in [6, 6.07) is 14.9. The number of carbonyl (C=O) groups is 1. The van der Waals surface area contributed by atoms with E-state index in [2.05, 4.69) is 5.32 Å². The molecule has 1 unspecified atom stereocenters. The third kappa shape index (κ3) is 3.32. The molecule has 0 radical (unpaired) electrons. The number of pyridine rings is 1. The molecule has 0 bridgehead atoms. The standard InChI is InChI=1S/C20H21N3O2.ClH/c21-11-16(13-9-10-13)22-19(24)12-23-17-7-3-1-5-14(17)20(25)15-6-2-4-8-18(15)23;/h1-8,13,16H,9-12,21H2,(H,22,24);1H. The molecule has 1 aromatic heterocycles. The fourth-order valence-electron chi connectivity index (χ4n) is 3.51. The van der Waals surface area contributed by atoms with Gasteiger partial charge in [0.25, 0.3) is 0 Å². The van der Waals surface area contributed by atoms with E-state index in [0.717, 1.165) is 23.9 Å². The van der Waals surface area contributed by atoms with Crippen molar-refractivity contribution >= 4 is 40.1 Å². The Kier molecular flexibility index (Phi) is 5.30. The van der Waals surface area contributed by atoms with Crippen LogP contribution >= 0.6 is 12.4 Å². The summed E-state index contributed by atoms with van der Waals surface area (Å²) in [7, 11) is 0. The molecule has 1 heterocycles. The van der Waals surface area contributed by atoms with Gasteiger partial charge < -0.3 is 15.6 Å². The molecule has 3 N–H and O–H groups in total.